The number of hydrogen-bond acceptors (Lipinski definition) is 3. The van der Waals surface area contributed by atoms with Gasteiger partial charge in [-0.1, -0.05) is 12.1 Å². The average Bonchev–Trinajstić information content (AvgIpc) is 3.05. The van der Waals surface area contributed by atoms with Gasteiger partial charge in [-0.2, -0.15) is 0 Å². The molecule has 2 aliphatic heterocycles. The molecule has 5 nitrogen and oxygen atoms in total. The molecule has 2 heterocycles. The first kappa shape index (κ1) is 17.2. The van der Waals surface area contributed by atoms with Crippen molar-refractivity contribution in [1.82, 2.24) is 4.90 Å². The Bertz CT molecular complexity index is 584. The van der Waals surface area contributed by atoms with Crippen molar-refractivity contribution in [2.45, 2.75) is 18.9 Å². The van der Waals surface area contributed by atoms with E-state index >= 15 is 0 Å². The van der Waals surface area contributed by atoms with E-state index in [1.165, 1.54) is 0 Å². The summed E-state index contributed by atoms with van der Waals surface area (Å²) in [5.74, 6) is -0.190. The van der Waals surface area contributed by atoms with Crippen LogP contribution >= 0.6 is 28.3 Å². The summed E-state index contributed by atoms with van der Waals surface area (Å²) in [6.45, 7) is 1.77. The number of nitrogens with zero attached hydrogens (tertiary/aromatic N) is 2. The molecule has 2 aliphatic rings. The predicted molar refractivity (Wildman–Crippen MR) is 91.0 cm³/mol. The molecule has 2 fully saturated rings. The lowest BCUT2D eigenvalue weighted by molar-refractivity contribution is -0.134. The number of para-hydroxylation sites is 1. The van der Waals surface area contributed by atoms with Crippen LogP contribution in [0.25, 0.3) is 0 Å². The lowest BCUT2D eigenvalue weighted by Crippen LogP contribution is -2.37. The molecule has 1 unspecified atom stereocenters. The monoisotopic (exact) mass is 387 g/mol. The van der Waals surface area contributed by atoms with Crippen LogP contribution in [0.5, 0.6) is 0 Å². The smallest absolute Gasteiger partial charge is 0.228 e. The molecule has 2 N–H and O–H groups in total. The molecule has 1 aromatic rings. The zero-order chi connectivity index (χ0) is 15.0. The highest BCUT2D eigenvalue weighted by Gasteiger charge is 2.39. The van der Waals surface area contributed by atoms with Crippen LogP contribution in [0.2, 0.25) is 0 Å². The van der Waals surface area contributed by atoms with E-state index in [2.05, 4.69) is 15.9 Å². The largest absolute Gasteiger partial charge is 0.341 e. The number of rotatable bonds is 2. The summed E-state index contributed by atoms with van der Waals surface area (Å²) in [7, 11) is 0. The number of anilines is 1. The van der Waals surface area contributed by atoms with Gasteiger partial charge in [0.25, 0.3) is 0 Å². The maximum absolute atomic E-state index is 12.5. The Balaban J connectivity index is 0.00000176. The Morgan fingerprint density at radius 2 is 2.00 bits per heavy atom. The van der Waals surface area contributed by atoms with Gasteiger partial charge in [-0.25, -0.2) is 0 Å². The fourth-order valence-corrected chi connectivity index (χ4v) is 3.52. The molecule has 2 atom stereocenters. The fourth-order valence-electron chi connectivity index (χ4n) is 3.02. The standard InChI is InChI=1S/C15H18BrN3O2.ClH/c16-12-3-1-2-4-13(12)19-8-10(7-14(19)20)15(21)18-6-5-11(17)9-18;/h1-4,10-11H,5-9,17H2;1H/t10?,11-;/m1./s1. The second kappa shape index (κ2) is 6.98. The van der Waals surface area contributed by atoms with Crippen molar-refractivity contribution in [2.75, 3.05) is 24.5 Å². The number of nitrogens with two attached hydrogens (primary N) is 1. The molecule has 2 saturated heterocycles. The third-order valence-electron chi connectivity index (χ3n) is 4.15. The summed E-state index contributed by atoms with van der Waals surface area (Å²) >= 11 is 3.46. The maximum atomic E-state index is 12.5. The number of likely N-dealkylation sites (tertiary alicyclic amines) is 1. The van der Waals surface area contributed by atoms with E-state index in [-0.39, 0.29) is 42.6 Å². The van der Waals surface area contributed by atoms with E-state index in [1.54, 1.807) is 9.80 Å². The van der Waals surface area contributed by atoms with Gasteiger partial charge in [0.1, 0.15) is 0 Å². The summed E-state index contributed by atoms with van der Waals surface area (Å²) in [6.07, 6.45) is 1.13. The number of hydrogen-bond donors (Lipinski definition) is 1. The second-order valence-corrected chi connectivity index (χ2v) is 6.54. The molecule has 0 aliphatic carbocycles. The van der Waals surface area contributed by atoms with E-state index in [0.29, 0.717) is 19.6 Å². The molecule has 0 aromatic heterocycles. The first-order valence-electron chi connectivity index (χ1n) is 7.15. The minimum atomic E-state index is -0.255. The quantitative estimate of drug-likeness (QED) is 0.840. The van der Waals surface area contributed by atoms with Crippen molar-refractivity contribution in [3.05, 3.63) is 28.7 Å². The summed E-state index contributed by atoms with van der Waals surface area (Å²) in [5.41, 5.74) is 6.68. The van der Waals surface area contributed by atoms with E-state index in [9.17, 15) is 9.59 Å². The van der Waals surface area contributed by atoms with Crippen molar-refractivity contribution >= 4 is 45.8 Å². The molecule has 1 aromatic carbocycles. The zero-order valence-electron chi connectivity index (χ0n) is 12.1. The third-order valence-corrected chi connectivity index (χ3v) is 4.82. The van der Waals surface area contributed by atoms with Crippen molar-refractivity contribution in [3.8, 4) is 0 Å². The molecular formula is C15H19BrClN3O2. The van der Waals surface area contributed by atoms with Crippen LogP contribution in [0, 0.1) is 5.92 Å². The number of carbonyl (C=O) groups is 2. The van der Waals surface area contributed by atoms with Crippen LogP contribution in [-0.4, -0.2) is 42.4 Å². The minimum absolute atomic E-state index is 0. The van der Waals surface area contributed by atoms with Crippen LogP contribution in [0.1, 0.15) is 12.8 Å². The van der Waals surface area contributed by atoms with Gasteiger partial charge in [0.15, 0.2) is 0 Å². The van der Waals surface area contributed by atoms with Gasteiger partial charge >= 0.3 is 0 Å². The fraction of sp³-hybridized carbons (Fsp3) is 0.467. The van der Waals surface area contributed by atoms with Crippen molar-refractivity contribution in [1.29, 1.82) is 0 Å². The molecule has 7 heteroatoms. The molecule has 120 valence electrons. The average molecular weight is 389 g/mol. The summed E-state index contributed by atoms with van der Waals surface area (Å²) in [5, 5.41) is 0. The van der Waals surface area contributed by atoms with Crippen molar-refractivity contribution in [3.63, 3.8) is 0 Å². The van der Waals surface area contributed by atoms with Gasteiger partial charge in [0, 0.05) is 36.6 Å². The molecule has 3 rings (SSSR count). The number of amides is 2. The van der Waals surface area contributed by atoms with E-state index in [0.717, 1.165) is 16.6 Å². The van der Waals surface area contributed by atoms with Gasteiger partial charge in [-0.15, -0.1) is 12.4 Å². The van der Waals surface area contributed by atoms with Crippen LogP contribution in [-0.2, 0) is 9.59 Å². The normalized spacial score (nSPS) is 24.5. The van der Waals surface area contributed by atoms with Crippen molar-refractivity contribution < 1.29 is 9.59 Å². The summed E-state index contributed by atoms with van der Waals surface area (Å²) < 4.78 is 0.870. The molecular weight excluding hydrogens is 370 g/mol. The van der Waals surface area contributed by atoms with Gasteiger partial charge in [0.05, 0.1) is 11.6 Å². The SMILES string of the molecule is Cl.N[C@@H]1CCN(C(=O)C2CC(=O)N(c3ccccc3Br)C2)C1. The molecule has 2 amide bonds. The van der Waals surface area contributed by atoms with Gasteiger partial charge in [-0.05, 0) is 34.5 Å². The lowest BCUT2D eigenvalue weighted by atomic mass is 10.1. The molecule has 0 saturated carbocycles. The second-order valence-electron chi connectivity index (χ2n) is 5.69. The van der Waals surface area contributed by atoms with Crippen LogP contribution in [0.4, 0.5) is 5.69 Å². The highest BCUT2D eigenvalue weighted by molar-refractivity contribution is 9.10. The Morgan fingerprint density at radius 1 is 1.27 bits per heavy atom. The van der Waals surface area contributed by atoms with E-state index in [1.807, 2.05) is 24.3 Å². The van der Waals surface area contributed by atoms with Crippen LogP contribution in [0.15, 0.2) is 28.7 Å². The van der Waals surface area contributed by atoms with Crippen LogP contribution in [0.3, 0.4) is 0 Å². The molecule has 0 spiro atoms. The summed E-state index contributed by atoms with van der Waals surface area (Å²) in [4.78, 5) is 28.2. The van der Waals surface area contributed by atoms with E-state index in [4.69, 9.17) is 5.73 Å². The molecule has 0 radical (unpaired) electrons. The maximum Gasteiger partial charge on any atom is 0.228 e. The molecule has 0 bridgehead atoms. The Hall–Kier alpha value is -1.11. The summed E-state index contributed by atoms with van der Waals surface area (Å²) in [6, 6.07) is 7.66. The topological polar surface area (TPSA) is 66.6 Å². The predicted octanol–water partition coefficient (Wildman–Crippen LogP) is 1.78. The number of halogens is 2. The first-order chi connectivity index (χ1) is 10.1. The van der Waals surface area contributed by atoms with E-state index < -0.39 is 0 Å². The number of benzene rings is 1. The number of carbonyl (C=O) groups excluding carboxylic acids is 2. The Labute approximate surface area is 144 Å². The highest BCUT2D eigenvalue weighted by Crippen LogP contribution is 2.32. The minimum Gasteiger partial charge on any atom is -0.341 e. The van der Waals surface area contributed by atoms with Gasteiger partial charge in [0.2, 0.25) is 11.8 Å². The Kier molecular flexibility index (Phi) is 5.47. The van der Waals surface area contributed by atoms with Gasteiger partial charge in [-0.3, -0.25) is 9.59 Å². The Morgan fingerprint density at radius 3 is 2.64 bits per heavy atom. The third kappa shape index (κ3) is 3.29. The van der Waals surface area contributed by atoms with Gasteiger partial charge < -0.3 is 15.5 Å². The van der Waals surface area contributed by atoms with Crippen molar-refractivity contribution in [2.24, 2.45) is 11.7 Å². The highest BCUT2D eigenvalue weighted by atomic mass is 79.9. The molecule has 22 heavy (non-hydrogen) atoms. The lowest BCUT2D eigenvalue weighted by Gasteiger charge is -2.21. The first-order valence-corrected chi connectivity index (χ1v) is 7.95. The zero-order valence-corrected chi connectivity index (χ0v) is 14.5. The van der Waals surface area contributed by atoms with Crippen LogP contribution < -0.4 is 10.6 Å².